The Morgan fingerprint density at radius 1 is 1.24 bits per heavy atom. The second-order valence-electron chi connectivity index (χ2n) is 5.81. The van der Waals surface area contributed by atoms with Crippen LogP contribution in [-0.2, 0) is 0 Å². The highest BCUT2D eigenvalue weighted by Gasteiger charge is 2.32. The predicted octanol–water partition coefficient (Wildman–Crippen LogP) is 0.916. The number of fused-ring (bicyclic) bond motifs is 1. The van der Waals surface area contributed by atoms with Crippen molar-refractivity contribution in [3.8, 4) is 0 Å². The van der Waals surface area contributed by atoms with E-state index in [-0.39, 0.29) is 5.54 Å². The van der Waals surface area contributed by atoms with Gasteiger partial charge in [-0.1, -0.05) is 12.2 Å². The van der Waals surface area contributed by atoms with E-state index in [2.05, 4.69) is 33.7 Å². The number of hydrogen-bond acceptors (Lipinski definition) is 5. The van der Waals surface area contributed by atoms with Crippen molar-refractivity contribution in [2.24, 2.45) is 5.73 Å². The molecule has 1 fully saturated rings. The lowest BCUT2D eigenvalue weighted by Gasteiger charge is -2.43. The maximum Gasteiger partial charge on any atom is 0.154 e. The molecule has 0 aromatic carbocycles. The highest BCUT2D eigenvalue weighted by molar-refractivity contribution is 7.80. The van der Waals surface area contributed by atoms with Gasteiger partial charge in [0.25, 0.3) is 0 Å². The quantitative estimate of drug-likeness (QED) is 0.851. The summed E-state index contributed by atoms with van der Waals surface area (Å²) in [6, 6.07) is 1.99. The molecule has 0 spiro atoms. The molecule has 0 aliphatic carbocycles. The Morgan fingerprint density at radius 3 is 2.62 bits per heavy atom. The summed E-state index contributed by atoms with van der Waals surface area (Å²) in [4.78, 5) is 9.70. The van der Waals surface area contributed by atoms with Gasteiger partial charge in [-0.2, -0.15) is 5.10 Å². The van der Waals surface area contributed by atoms with E-state index >= 15 is 0 Å². The largest absolute Gasteiger partial charge is 0.392 e. The first kappa shape index (κ1) is 14.2. The summed E-state index contributed by atoms with van der Waals surface area (Å²) in [5.41, 5.74) is 6.66. The predicted molar refractivity (Wildman–Crippen MR) is 87.6 cm³/mol. The van der Waals surface area contributed by atoms with Gasteiger partial charge in [-0.3, -0.25) is 4.90 Å². The highest BCUT2D eigenvalue weighted by Crippen LogP contribution is 2.23. The SMILES string of the molecule is CC(C)(C(N)=S)N1CCN(c2nccn3nccc23)CC1. The molecule has 1 aliphatic rings. The van der Waals surface area contributed by atoms with Crippen molar-refractivity contribution in [2.45, 2.75) is 19.4 Å². The zero-order valence-corrected chi connectivity index (χ0v) is 13.2. The van der Waals surface area contributed by atoms with Crippen molar-refractivity contribution >= 4 is 28.5 Å². The third-order valence-electron chi connectivity index (χ3n) is 4.28. The molecule has 112 valence electrons. The molecule has 7 heteroatoms. The second kappa shape index (κ2) is 5.23. The molecule has 0 saturated carbocycles. The molecular formula is C14H20N6S. The van der Waals surface area contributed by atoms with Crippen molar-refractivity contribution < 1.29 is 0 Å². The summed E-state index contributed by atoms with van der Waals surface area (Å²) < 4.78 is 1.85. The third-order valence-corrected chi connectivity index (χ3v) is 4.78. The van der Waals surface area contributed by atoms with Gasteiger partial charge >= 0.3 is 0 Å². The van der Waals surface area contributed by atoms with Crippen LogP contribution in [0.25, 0.3) is 5.52 Å². The van der Waals surface area contributed by atoms with Gasteiger partial charge in [-0.05, 0) is 19.9 Å². The van der Waals surface area contributed by atoms with Gasteiger partial charge in [0, 0.05) is 38.6 Å². The van der Waals surface area contributed by atoms with Crippen LogP contribution in [0.3, 0.4) is 0 Å². The van der Waals surface area contributed by atoms with Gasteiger partial charge in [0.1, 0.15) is 5.52 Å². The number of hydrogen-bond donors (Lipinski definition) is 1. The average molecular weight is 304 g/mol. The van der Waals surface area contributed by atoms with Crippen LogP contribution in [0.1, 0.15) is 13.8 Å². The van der Waals surface area contributed by atoms with E-state index in [0.29, 0.717) is 4.99 Å². The van der Waals surface area contributed by atoms with Crippen LogP contribution in [0.5, 0.6) is 0 Å². The molecular weight excluding hydrogens is 284 g/mol. The second-order valence-corrected chi connectivity index (χ2v) is 6.25. The van der Waals surface area contributed by atoms with Crippen LogP contribution in [0.15, 0.2) is 24.7 Å². The normalized spacial score (nSPS) is 17.3. The Morgan fingerprint density at radius 2 is 1.95 bits per heavy atom. The fourth-order valence-corrected chi connectivity index (χ4v) is 2.85. The molecule has 21 heavy (non-hydrogen) atoms. The molecule has 3 heterocycles. The summed E-state index contributed by atoms with van der Waals surface area (Å²) >= 11 is 5.19. The van der Waals surface area contributed by atoms with Crippen LogP contribution in [-0.4, -0.2) is 56.2 Å². The van der Waals surface area contributed by atoms with E-state index in [4.69, 9.17) is 18.0 Å². The van der Waals surface area contributed by atoms with Crippen LogP contribution in [0.4, 0.5) is 5.82 Å². The molecule has 2 aromatic heterocycles. The molecule has 0 radical (unpaired) electrons. The summed E-state index contributed by atoms with van der Waals surface area (Å²) in [5, 5.41) is 4.26. The van der Waals surface area contributed by atoms with Gasteiger partial charge in [-0.25, -0.2) is 9.50 Å². The molecule has 1 saturated heterocycles. The number of rotatable bonds is 3. The summed E-state index contributed by atoms with van der Waals surface area (Å²) in [7, 11) is 0. The summed E-state index contributed by atoms with van der Waals surface area (Å²) in [6.45, 7) is 7.82. The molecule has 2 N–H and O–H groups in total. The summed E-state index contributed by atoms with van der Waals surface area (Å²) in [5.74, 6) is 0.989. The number of anilines is 1. The molecule has 3 rings (SSSR count). The van der Waals surface area contributed by atoms with Crippen LogP contribution in [0.2, 0.25) is 0 Å². The zero-order valence-electron chi connectivity index (χ0n) is 12.4. The fourth-order valence-electron chi connectivity index (χ4n) is 2.72. The van der Waals surface area contributed by atoms with Crippen LogP contribution >= 0.6 is 12.2 Å². The molecule has 2 aromatic rings. The minimum absolute atomic E-state index is 0.239. The van der Waals surface area contributed by atoms with Crippen LogP contribution < -0.4 is 10.6 Å². The van der Waals surface area contributed by atoms with Gasteiger partial charge in [0.05, 0.1) is 16.7 Å². The lowest BCUT2D eigenvalue weighted by molar-refractivity contribution is 0.168. The lowest BCUT2D eigenvalue weighted by atomic mass is 10.0. The first-order chi connectivity index (χ1) is 10.00. The topological polar surface area (TPSA) is 62.7 Å². The molecule has 0 unspecified atom stereocenters. The van der Waals surface area contributed by atoms with E-state index in [1.807, 2.05) is 16.8 Å². The first-order valence-electron chi connectivity index (χ1n) is 7.08. The van der Waals surface area contributed by atoms with Crippen molar-refractivity contribution in [3.63, 3.8) is 0 Å². The number of piperazine rings is 1. The molecule has 0 amide bonds. The number of nitrogens with zero attached hydrogens (tertiary/aromatic N) is 5. The maximum atomic E-state index is 5.86. The van der Waals surface area contributed by atoms with Gasteiger partial charge < -0.3 is 10.6 Å². The van der Waals surface area contributed by atoms with E-state index in [0.717, 1.165) is 37.5 Å². The fraction of sp³-hybridized carbons (Fsp3) is 0.500. The number of thiocarbonyl (C=S) groups is 1. The molecule has 0 atom stereocenters. The van der Waals surface area contributed by atoms with E-state index in [9.17, 15) is 0 Å². The smallest absolute Gasteiger partial charge is 0.154 e. The van der Waals surface area contributed by atoms with E-state index < -0.39 is 0 Å². The summed E-state index contributed by atoms with van der Waals surface area (Å²) in [6.07, 6.45) is 5.46. The number of nitrogens with two attached hydrogens (primary N) is 1. The minimum atomic E-state index is -0.239. The maximum absolute atomic E-state index is 5.86. The zero-order chi connectivity index (χ0) is 15.0. The Bertz CT molecular complexity index is 656. The monoisotopic (exact) mass is 304 g/mol. The van der Waals surface area contributed by atoms with E-state index in [1.54, 1.807) is 12.4 Å². The van der Waals surface area contributed by atoms with Crippen LogP contribution in [0, 0.1) is 0 Å². The van der Waals surface area contributed by atoms with Crippen molar-refractivity contribution in [3.05, 3.63) is 24.7 Å². The highest BCUT2D eigenvalue weighted by atomic mass is 32.1. The van der Waals surface area contributed by atoms with Gasteiger partial charge in [-0.15, -0.1) is 0 Å². The minimum Gasteiger partial charge on any atom is -0.392 e. The first-order valence-corrected chi connectivity index (χ1v) is 7.49. The Kier molecular flexibility index (Phi) is 3.54. The van der Waals surface area contributed by atoms with E-state index in [1.165, 1.54) is 0 Å². The molecule has 0 bridgehead atoms. The van der Waals surface area contributed by atoms with Gasteiger partial charge in [0.2, 0.25) is 0 Å². The van der Waals surface area contributed by atoms with Crippen molar-refractivity contribution in [1.29, 1.82) is 0 Å². The Balaban J connectivity index is 1.77. The lowest BCUT2D eigenvalue weighted by Crippen LogP contribution is -2.59. The molecule has 6 nitrogen and oxygen atoms in total. The third kappa shape index (κ3) is 2.47. The Labute approximate surface area is 129 Å². The van der Waals surface area contributed by atoms with Crippen molar-refractivity contribution in [1.82, 2.24) is 19.5 Å². The van der Waals surface area contributed by atoms with Gasteiger partial charge in [0.15, 0.2) is 5.82 Å². The Hall–Kier alpha value is -1.73. The standard InChI is InChI=1S/C14H20N6S/c1-14(2,13(15)21)19-9-7-18(8-10-19)12-11-3-4-17-20(11)6-5-16-12/h3-6H,7-10H2,1-2H3,(H2,15,21). The van der Waals surface area contributed by atoms with Crippen molar-refractivity contribution in [2.75, 3.05) is 31.1 Å². The number of aromatic nitrogens is 3. The average Bonchev–Trinajstić information content (AvgIpc) is 2.95. The molecule has 1 aliphatic heterocycles.